The van der Waals surface area contributed by atoms with E-state index < -0.39 is 21.7 Å². The normalized spacial score (nSPS) is 32.7. The van der Waals surface area contributed by atoms with Gasteiger partial charge in [-0.2, -0.15) is 0 Å². The Kier molecular flexibility index (Phi) is 6.77. The van der Waals surface area contributed by atoms with Crippen molar-refractivity contribution < 1.29 is 10.2 Å². The van der Waals surface area contributed by atoms with Gasteiger partial charge >= 0.3 is 0 Å². The smallest absolute Gasteiger partial charge is 0.0945 e. The van der Waals surface area contributed by atoms with E-state index in [-0.39, 0.29) is 21.7 Å². The Bertz CT molecular complexity index is 734. The molecule has 0 saturated carbocycles. The number of allylic oxidation sites excluding steroid dienone is 4. The molecule has 176 valence electrons. The quantitative estimate of drug-likeness (QED) is 0.475. The van der Waals surface area contributed by atoms with Gasteiger partial charge in [0, 0.05) is 0 Å². The summed E-state index contributed by atoms with van der Waals surface area (Å²) in [6.45, 7) is 26.2. The molecule has 0 spiro atoms. The Morgan fingerprint density at radius 3 is 1.13 bits per heavy atom. The maximum atomic E-state index is 11.9. The minimum absolute atomic E-state index is 0.145. The standard InChI is InChI=1S/C28H46O2S/c1-23(2,3)19-15-13-17-27(21(19)29,25(7,8)9)31-28(26(10,11)12)18-14-16-20(22(28)30)24(4,5)6/h13-18,21-22,29-30H,1-12H3. The third kappa shape index (κ3) is 4.52. The summed E-state index contributed by atoms with van der Waals surface area (Å²) in [5, 5.41) is 23.8. The maximum Gasteiger partial charge on any atom is 0.0945 e. The van der Waals surface area contributed by atoms with E-state index in [0.29, 0.717) is 0 Å². The molecule has 2 aliphatic rings. The number of hydrogen-bond donors (Lipinski definition) is 2. The third-order valence-electron chi connectivity index (χ3n) is 7.06. The van der Waals surface area contributed by atoms with Gasteiger partial charge in [-0.05, 0) is 32.8 Å². The molecule has 0 radical (unpaired) electrons. The molecule has 0 aromatic carbocycles. The number of thioether (sulfide) groups is 1. The highest BCUT2D eigenvalue weighted by Gasteiger charge is 2.59. The van der Waals surface area contributed by atoms with Gasteiger partial charge in [-0.1, -0.05) is 120 Å². The van der Waals surface area contributed by atoms with E-state index in [9.17, 15) is 10.2 Å². The van der Waals surface area contributed by atoms with Crippen LogP contribution in [0, 0.1) is 21.7 Å². The van der Waals surface area contributed by atoms with Crippen molar-refractivity contribution in [3.63, 3.8) is 0 Å². The van der Waals surface area contributed by atoms with E-state index in [4.69, 9.17) is 0 Å². The molecule has 2 rings (SSSR count). The molecule has 2 aliphatic carbocycles. The highest BCUT2D eigenvalue weighted by Crippen LogP contribution is 2.62. The lowest BCUT2D eigenvalue weighted by molar-refractivity contribution is 0.0878. The van der Waals surface area contributed by atoms with Crippen molar-refractivity contribution in [2.75, 3.05) is 0 Å². The number of aliphatic hydroxyl groups excluding tert-OH is 2. The van der Waals surface area contributed by atoms with Gasteiger partial charge in [-0.25, -0.2) is 0 Å². The fourth-order valence-corrected chi connectivity index (χ4v) is 6.76. The van der Waals surface area contributed by atoms with E-state index in [0.717, 1.165) is 11.1 Å². The van der Waals surface area contributed by atoms with Crippen molar-refractivity contribution in [1.29, 1.82) is 0 Å². The SMILES string of the molecule is CC(C)(C)C1=CC=CC(SC2(C(C)(C)C)C=CC=C(C(C)(C)C)C2O)(C(C)(C)C)C1O. The van der Waals surface area contributed by atoms with Crippen LogP contribution in [0.25, 0.3) is 0 Å². The highest BCUT2D eigenvalue weighted by atomic mass is 32.2. The van der Waals surface area contributed by atoms with Crippen molar-refractivity contribution in [3.05, 3.63) is 47.6 Å². The predicted molar refractivity (Wildman–Crippen MR) is 137 cm³/mol. The van der Waals surface area contributed by atoms with E-state index in [1.165, 1.54) is 0 Å². The Hall–Kier alpha value is -0.770. The monoisotopic (exact) mass is 446 g/mol. The first kappa shape index (κ1) is 26.5. The van der Waals surface area contributed by atoms with Crippen LogP contribution in [0.4, 0.5) is 0 Å². The highest BCUT2D eigenvalue weighted by molar-refractivity contribution is 8.02. The lowest BCUT2D eigenvalue weighted by Gasteiger charge is -2.58. The molecule has 0 amide bonds. The first-order valence-electron chi connectivity index (χ1n) is 11.6. The van der Waals surface area contributed by atoms with Crippen LogP contribution in [-0.4, -0.2) is 31.9 Å². The van der Waals surface area contributed by atoms with Gasteiger partial charge in [0.2, 0.25) is 0 Å². The van der Waals surface area contributed by atoms with Crippen LogP contribution in [0.15, 0.2) is 47.6 Å². The summed E-state index contributed by atoms with van der Waals surface area (Å²) in [4.78, 5) is 0. The van der Waals surface area contributed by atoms with Gasteiger partial charge in [0.05, 0.1) is 21.7 Å². The van der Waals surface area contributed by atoms with E-state index in [1.54, 1.807) is 11.8 Å². The number of hydrogen-bond acceptors (Lipinski definition) is 3. The summed E-state index contributed by atoms with van der Waals surface area (Å²) in [7, 11) is 0. The average Bonchev–Trinajstić information content (AvgIpc) is 2.54. The van der Waals surface area contributed by atoms with Crippen molar-refractivity contribution >= 4 is 11.8 Å². The Morgan fingerprint density at radius 1 is 0.613 bits per heavy atom. The van der Waals surface area contributed by atoms with Gasteiger partial charge in [-0.3, -0.25) is 0 Å². The van der Waals surface area contributed by atoms with Crippen LogP contribution < -0.4 is 0 Å². The van der Waals surface area contributed by atoms with Gasteiger partial charge in [-0.15, -0.1) is 11.8 Å². The van der Waals surface area contributed by atoms with Crippen molar-refractivity contribution in [3.8, 4) is 0 Å². The minimum atomic E-state index is -0.647. The molecule has 4 unspecified atom stereocenters. The zero-order valence-electron chi connectivity index (χ0n) is 21.9. The lowest BCUT2D eigenvalue weighted by atomic mass is 9.67. The number of rotatable bonds is 2. The molecule has 0 aromatic heterocycles. The minimum Gasteiger partial charge on any atom is -0.387 e. The molecule has 0 bridgehead atoms. The summed E-state index contributed by atoms with van der Waals surface area (Å²) in [5.41, 5.74) is 1.31. The largest absolute Gasteiger partial charge is 0.387 e. The summed E-state index contributed by atoms with van der Waals surface area (Å²) in [6.07, 6.45) is 11.4. The van der Waals surface area contributed by atoms with E-state index in [1.807, 2.05) is 0 Å². The third-order valence-corrected chi connectivity index (χ3v) is 9.67. The molecule has 4 atom stereocenters. The van der Waals surface area contributed by atoms with Crippen LogP contribution >= 0.6 is 11.8 Å². The maximum absolute atomic E-state index is 11.9. The first-order valence-corrected chi connectivity index (χ1v) is 12.4. The lowest BCUT2D eigenvalue weighted by Crippen LogP contribution is -2.60. The van der Waals surface area contributed by atoms with Gasteiger partial charge in [0.1, 0.15) is 0 Å². The second-order valence-electron chi connectivity index (χ2n) is 13.5. The molecule has 0 saturated heterocycles. The second kappa shape index (κ2) is 7.92. The molecule has 0 aromatic rings. The van der Waals surface area contributed by atoms with Crippen molar-refractivity contribution in [2.24, 2.45) is 21.7 Å². The molecule has 3 heteroatoms. The zero-order valence-corrected chi connectivity index (χ0v) is 22.7. The Balaban J connectivity index is 2.73. The summed E-state index contributed by atoms with van der Waals surface area (Å²) < 4.78 is -1.19. The molecule has 31 heavy (non-hydrogen) atoms. The van der Waals surface area contributed by atoms with Crippen LogP contribution in [0.5, 0.6) is 0 Å². The number of aliphatic hydroxyl groups is 2. The van der Waals surface area contributed by atoms with Crippen LogP contribution in [0.2, 0.25) is 0 Å². The molecule has 0 heterocycles. The van der Waals surface area contributed by atoms with Crippen LogP contribution in [-0.2, 0) is 0 Å². The van der Waals surface area contributed by atoms with Crippen LogP contribution in [0.3, 0.4) is 0 Å². The molecule has 2 N–H and O–H groups in total. The first-order chi connectivity index (χ1) is 13.7. The fourth-order valence-electron chi connectivity index (χ4n) is 4.82. The topological polar surface area (TPSA) is 40.5 Å². The summed E-state index contributed by atoms with van der Waals surface area (Å²) >= 11 is 1.75. The second-order valence-corrected chi connectivity index (χ2v) is 15.0. The van der Waals surface area contributed by atoms with Crippen LogP contribution in [0.1, 0.15) is 83.1 Å². The molecule has 0 aliphatic heterocycles. The van der Waals surface area contributed by atoms with E-state index >= 15 is 0 Å². The van der Waals surface area contributed by atoms with Crippen molar-refractivity contribution in [2.45, 2.75) is 105 Å². The summed E-state index contributed by atoms with van der Waals surface area (Å²) in [5.74, 6) is 0. The van der Waals surface area contributed by atoms with Gasteiger partial charge in [0.25, 0.3) is 0 Å². The fraction of sp³-hybridized carbons (Fsp3) is 0.714. The molecular formula is C28H46O2S. The molecule has 2 nitrogen and oxygen atoms in total. The molecular weight excluding hydrogens is 400 g/mol. The predicted octanol–water partition coefficient (Wildman–Crippen LogP) is 7.10. The Morgan fingerprint density at radius 2 is 0.903 bits per heavy atom. The average molecular weight is 447 g/mol. The van der Waals surface area contributed by atoms with Gasteiger partial charge < -0.3 is 10.2 Å². The molecule has 0 fully saturated rings. The summed E-state index contributed by atoms with van der Waals surface area (Å²) in [6, 6.07) is 0. The van der Waals surface area contributed by atoms with Crippen molar-refractivity contribution in [1.82, 2.24) is 0 Å². The van der Waals surface area contributed by atoms with Gasteiger partial charge in [0.15, 0.2) is 0 Å². The van der Waals surface area contributed by atoms with E-state index in [2.05, 4.69) is 120 Å². The Labute approximate surface area is 196 Å². The zero-order chi connectivity index (χ0) is 24.3.